The summed E-state index contributed by atoms with van der Waals surface area (Å²) in [6, 6.07) is 18.2. The van der Waals surface area contributed by atoms with E-state index in [-0.39, 0.29) is 0 Å². The molecule has 0 aliphatic rings. The Morgan fingerprint density at radius 2 is 1.63 bits per heavy atom. The van der Waals surface area contributed by atoms with Crippen LogP contribution in [0.5, 0.6) is 0 Å². The van der Waals surface area contributed by atoms with Gasteiger partial charge in [-0.2, -0.15) is 0 Å². The van der Waals surface area contributed by atoms with Crippen molar-refractivity contribution in [2.24, 2.45) is 0 Å². The largest absolute Gasteiger partial charge is 0.365 e. The van der Waals surface area contributed by atoms with Gasteiger partial charge in [0.25, 0.3) is 0 Å². The molecule has 0 saturated heterocycles. The molecule has 0 spiro atoms. The van der Waals surface area contributed by atoms with E-state index in [2.05, 4.69) is 12.1 Å². The van der Waals surface area contributed by atoms with Crippen LogP contribution in [0.1, 0.15) is 12.5 Å². The smallest absolute Gasteiger partial charge is 0.250 e. The Labute approximate surface area is 118 Å². The SMILES string of the molecule is CC(OCc1ccc(-c2ccccc2)cc1)C(=O)Cl. The minimum absolute atomic E-state index is 0.384. The highest BCUT2D eigenvalue weighted by Gasteiger charge is 2.09. The highest BCUT2D eigenvalue weighted by Crippen LogP contribution is 2.19. The van der Waals surface area contributed by atoms with E-state index >= 15 is 0 Å². The predicted molar refractivity (Wildman–Crippen MR) is 77.0 cm³/mol. The number of ether oxygens (including phenoxy) is 1. The number of halogens is 1. The zero-order valence-corrected chi connectivity index (χ0v) is 11.4. The summed E-state index contributed by atoms with van der Waals surface area (Å²) in [5.41, 5.74) is 3.36. The highest BCUT2D eigenvalue weighted by atomic mass is 35.5. The monoisotopic (exact) mass is 274 g/mol. The number of carbonyl (C=O) groups excluding carboxylic acids is 1. The Bertz CT molecular complexity index is 534. The summed E-state index contributed by atoms with van der Waals surface area (Å²) in [4.78, 5) is 10.8. The molecule has 2 rings (SSSR count). The van der Waals surface area contributed by atoms with Crippen molar-refractivity contribution in [1.29, 1.82) is 0 Å². The zero-order chi connectivity index (χ0) is 13.7. The summed E-state index contributed by atoms with van der Waals surface area (Å²) in [5.74, 6) is 0. The lowest BCUT2D eigenvalue weighted by molar-refractivity contribution is -0.122. The van der Waals surface area contributed by atoms with Crippen molar-refractivity contribution in [2.45, 2.75) is 19.6 Å². The quantitative estimate of drug-likeness (QED) is 0.770. The molecule has 1 atom stereocenters. The third-order valence-corrected chi connectivity index (χ3v) is 3.19. The van der Waals surface area contributed by atoms with E-state index in [0.29, 0.717) is 6.61 Å². The van der Waals surface area contributed by atoms with E-state index in [9.17, 15) is 4.79 Å². The molecule has 0 aliphatic carbocycles. The summed E-state index contributed by atoms with van der Waals surface area (Å²) in [5, 5.41) is -0.471. The number of rotatable bonds is 5. The van der Waals surface area contributed by atoms with Crippen LogP contribution in [0.2, 0.25) is 0 Å². The molecule has 3 heteroatoms. The molecule has 1 unspecified atom stereocenters. The number of benzene rings is 2. The second kappa shape index (κ2) is 6.50. The minimum atomic E-state index is -0.574. The van der Waals surface area contributed by atoms with E-state index < -0.39 is 11.3 Å². The van der Waals surface area contributed by atoms with Gasteiger partial charge >= 0.3 is 0 Å². The Morgan fingerprint density at radius 3 is 2.21 bits per heavy atom. The van der Waals surface area contributed by atoms with Gasteiger partial charge < -0.3 is 4.74 Å². The first-order valence-corrected chi connectivity index (χ1v) is 6.50. The fourth-order valence-corrected chi connectivity index (χ4v) is 1.77. The molecule has 2 aromatic rings. The Balaban J connectivity index is 2.01. The number of carbonyl (C=O) groups is 1. The maximum atomic E-state index is 10.8. The summed E-state index contributed by atoms with van der Waals surface area (Å²) in [6.45, 7) is 2.03. The molecular formula is C16H15ClO2. The average molecular weight is 275 g/mol. The lowest BCUT2D eigenvalue weighted by Gasteiger charge is -2.09. The molecule has 0 heterocycles. The molecular weight excluding hydrogens is 260 g/mol. The van der Waals surface area contributed by atoms with Gasteiger partial charge in [0, 0.05) is 0 Å². The van der Waals surface area contributed by atoms with Crippen molar-refractivity contribution in [2.75, 3.05) is 0 Å². The molecule has 0 bridgehead atoms. The lowest BCUT2D eigenvalue weighted by atomic mass is 10.0. The first-order valence-electron chi connectivity index (χ1n) is 6.12. The standard InChI is InChI=1S/C16H15ClO2/c1-12(16(17)18)19-11-13-7-9-15(10-8-13)14-5-3-2-4-6-14/h2-10,12H,11H2,1H3. The topological polar surface area (TPSA) is 26.3 Å². The Kier molecular flexibility index (Phi) is 4.72. The van der Waals surface area contributed by atoms with E-state index in [0.717, 1.165) is 11.1 Å². The van der Waals surface area contributed by atoms with Gasteiger partial charge in [0.05, 0.1) is 6.61 Å². The van der Waals surface area contributed by atoms with Crippen molar-refractivity contribution in [3.63, 3.8) is 0 Å². The van der Waals surface area contributed by atoms with Crippen LogP contribution in [0.3, 0.4) is 0 Å². The van der Waals surface area contributed by atoms with Gasteiger partial charge in [-0.3, -0.25) is 4.79 Å². The number of hydrogen-bond donors (Lipinski definition) is 0. The Morgan fingerprint density at radius 1 is 1.05 bits per heavy atom. The normalized spacial score (nSPS) is 12.1. The maximum Gasteiger partial charge on any atom is 0.250 e. The van der Waals surface area contributed by atoms with E-state index in [1.54, 1.807) is 6.92 Å². The molecule has 2 aromatic carbocycles. The fraction of sp³-hybridized carbons (Fsp3) is 0.188. The summed E-state index contributed by atoms with van der Waals surface area (Å²) in [7, 11) is 0. The lowest BCUT2D eigenvalue weighted by Crippen LogP contribution is -2.15. The maximum absolute atomic E-state index is 10.8. The van der Waals surface area contributed by atoms with Gasteiger partial charge in [0.2, 0.25) is 5.24 Å². The molecule has 0 aromatic heterocycles. The molecule has 2 nitrogen and oxygen atoms in total. The van der Waals surface area contributed by atoms with Gasteiger partial charge in [0.1, 0.15) is 6.10 Å². The highest BCUT2D eigenvalue weighted by molar-refractivity contribution is 6.64. The van der Waals surface area contributed by atoms with E-state index in [4.69, 9.17) is 16.3 Å². The average Bonchev–Trinajstić information content (AvgIpc) is 2.46. The van der Waals surface area contributed by atoms with Gasteiger partial charge in [-0.05, 0) is 35.2 Å². The van der Waals surface area contributed by atoms with Crippen LogP contribution in [-0.4, -0.2) is 11.3 Å². The second-order valence-corrected chi connectivity index (χ2v) is 4.69. The fourth-order valence-electron chi connectivity index (χ4n) is 1.71. The first kappa shape index (κ1) is 13.8. The van der Waals surface area contributed by atoms with Gasteiger partial charge in [0.15, 0.2) is 0 Å². The summed E-state index contributed by atoms with van der Waals surface area (Å²) < 4.78 is 5.35. The molecule has 19 heavy (non-hydrogen) atoms. The van der Waals surface area contributed by atoms with E-state index in [1.807, 2.05) is 42.5 Å². The molecule has 0 radical (unpaired) electrons. The van der Waals surface area contributed by atoms with Crippen molar-refractivity contribution < 1.29 is 9.53 Å². The van der Waals surface area contributed by atoms with Crippen LogP contribution >= 0.6 is 11.6 Å². The van der Waals surface area contributed by atoms with Crippen LogP contribution in [-0.2, 0) is 16.1 Å². The minimum Gasteiger partial charge on any atom is -0.365 e. The van der Waals surface area contributed by atoms with Gasteiger partial charge in [-0.25, -0.2) is 0 Å². The second-order valence-electron chi connectivity index (χ2n) is 4.32. The van der Waals surface area contributed by atoms with Gasteiger partial charge in [-0.1, -0.05) is 54.6 Å². The van der Waals surface area contributed by atoms with E-state index in [1.165, 1.54) is 5.56 Å². The molecule has 0 aliphatic heterocycles. The van der Waals surface area contributed by atoms with Gasteiger partial charge in [-0.15, -0.1) is 0 Å². The van der Waals surface area contributed by atoms with Crippen molar-refractivity contribution in [3.05, 3.63) is 60.2 Å². The third-order valence-electron chi connectivity index (χ3n) is 2.88. The van der Waals surface area contributed by atoms with Crippen LogP contribution in [0.15, 0.2) is 54.6 Å². The molecule has 0 fully saturated rings. The molecule has 0 saturated carbocycles. The molecule has 98 valence electrons. The number of hydrogen-bond acceptors (Lipinski definition) is 2. The van der Waals surface area contributed by atoms with Crippen molar-refractivity contribution >= 4 is 16.8 Å². The molecule has 0 amide bonds. The van der Waals surface area contributed by atoms with Crippen LogP contribution in [0.4, 0.5) is 0 Å². The Hall–Kier alpha value is -1.64. The third kappa shape index (κ3) is 3.91. The predicted octanol–water partition coefficient (Wildman–Crippen LogP) is 4.02. The van der Waals surface area contributed by atoms with Crippen LogP contribution < -0.4 is 0 Å². The zero-order valence-electron chi connectivity index (χ0n) is 10.7. The van der Waals surface area contributed by atoms with Crippen molar-refractivity contribution in [1.82, 2.24) is 0 Å². The first-order chi connectivity index (χ1) is 9.16. The van der Waals surface area contributed by atoms with Crippen LogP contribution in [0.25, 0.3) is 11.1 Å². The molecule has 0 N–H and O–H groups in total. The summed E-state index contributed by atoms with van der Waals surface area (Å²) in [6.07, 6.45) is -0.574. The van der Waals surface area contributed by atoms with Crippen LogP contribution in [0, 0.1) is 0 Å². The van der Waals surface area contributed by atoms with Crippen molar-refractivity contribution in [3.8, 4) is 11.1 Å². The summed E-state index contributed by atoms with van der Waals surface area (Å²) >= 11 is 5.34.